The average molecular weight is 327 g/mol. The van der Waals surface area contributed by atoms with Gasteiger partial charge in [-0.3, -0.25) is 0 Å². The highest BCUT2D eigenvalue weighted by atomic mass is 35.5. The molecule has 1 saturated heterocycles. The number of nitrogens with one attached hydrogen (secondary N) is 2. The van der Waals surface area contributed by atoms with E-state index in [2.05, 4.69) is 21.6 Å². The predicted octanol–water partition coefficient (Wildman–Crippen LogP) is 3.10. The van der Waals surface area contributed by atoms with E-state index in [0.717, 1.165) is 13.1 Å². The Morgan fingerprint density at radius 1 is 1.38 bits per heavy atom. The van der Waals surface area contributed by atoms with Gasteiger partial charge in [0.1, 0.15) is 5.54 Å². The van der Waals surface area contributed by atoms with Crippen molar-refractivity contribution >= 4 is 34.9 Å². The molecule has 1 aromatic rings. The summed E-state index contributed by atoms with van der Waals surface area (Å²) in [7, 11) is 1.99. The first kappa shape index (κ1) is 15.9. The van der Waals surface area contributed by atoms with E-state index in [4.69, 9.17) is 23.2 Å². The molecule has 7 heteroatoms. The molecule has 0 bridgehead atoms. The highest BCUT2D eigenvalue weighted by Gasteiger charge is 2.35. The number of benzene rings is 1. The normalized spacial score (nSPS) is 17.8. The molecule has 0 atom stereocenters. The summed E-state index contributed by atoms with van der Waals surface area (Å²) in [4.78, 5) is 14.2. The molecular weight excluding hydrogens is 311 g/mol. The maximum atomic E-state index is 12.1. The smallest absolute Gasteiger partial charge is 0.319 e. The summed E-state index contributed by atoms with van der Waals surface area (Å²) in [5.74, 6) is 0. The zero-order chi connectivity index (χ0) is 15.5. The van der Waals surface area contributed by atoms with Gasteiger partial charge in [-0.15, -0.1) is 0 Å². The van der Waals surface area contributed by atoms with Crippen molar-refractivity contribution < 1.29 is 4.79 Å². The Labute approximate surface area is 133 Å². The quantitative estimate of drug-likeness (QED) is 0.877. The number of carbonyl (C=O) groups excluding carboxylic acids is 1. The second-order valence-corrected chi connectivity index (χ2v) is 6.04. The maximum absolute atomic E-state index is 12.1. The Hall–Kier alpha value is -1.48. The molecule has 0 saturated carbocycles. The SMILES string of the molecule is CN1CCC(C#N)(NC(=O)Nc2cc(Cl)ccc2Cl)CC1. The Balaban J connectivity index is 2.04. The van der Waals surface area contributed by atoms with Crippen LogP contribution in [-0.4, -0.2) is 36.6 Å². The summed E-state index contributed by atoms with van der Waals surface area (Å²) >= 11 is 11.9. The van der Waals surface area contributed by atoms with Crippen LogP contribution >= 0.6 is 23.2 Å². The molecule has 112 valence electrons. The van der Waals surface area contributed by atoms with Gasteiger partial charge in [0.15, 0.2) is 0 Å². The summed E-state index contributed by atoms with van der Waals surface area (Å²) in [5.41, 5.74) is -0.413. The summed E-state index contributed by atoms with van der Waals surface area (Å²) in [6.45, 7) is 1.54. The van der Waals surface area contributed by atoms with Crippen molar-refractivity contribution in [2.24, 2.45) is 0 Å². The highest BCUT2D eigenvalue weighted by Crippen LogP contribution is 2.26. The van der Waals surface area contributed by atoms with Gasteiger partial charge >= 0.3 is 6.03 Å². The molecule has 2 rings (SSSR count). The molecule has 1 aliphatic heterocycles. The lowest BCUT2D eigenvalue weighted by molar-refractivity contribution is 0.193. The van der Waals surface area contributed by atoms with Crippen molar-refractivity contribution in [2.45, 2.75) is 18.4 Å². The number of halogens is 2. The molecule has 0 radical (unpaired) electrons. The first-order valence-electron chi connectivity index (χ1n) is 6.58. The van der Waals surface area contributed by atoms with E-state index in [0.29, 0.717) is 28.6 Å². The van der Waals surface area contributed by atoms with E-state index in [-0.39, 0.29) is 0 Å². The Bertz CT molecular complexity index is 577. The topological polar surface area (TPSA) is 68.2 Å². The maximum Gasteiger partial charge on any atom is 0.320 e. The van der Waals surface area contributed by atoms with Crippen LogP contribution in [0.25, 0.3) is 0 Å². The number of rotatable bonds is 2. The van der Waals surface area contributed by atoms with E-state index < -0.39 is 11.6 Å². The molecule has 1 fully saturated rings. The molecule has 2 N–H and O–H groups in total. The molecule has 0 aliphatic carbocycles. The number of carbonyl (C=O) groups is 1. The number of amides is 2. The number of urea groups is 1. The number of anilines is 1. The molecule has 2 amide bonds. The van der Waals surface area contributed by atoms with Crippen LogP contribution in [0.3, 0.4) is 0 Å². The van der Waals surface area contributed by atoms with E-state index in [1.165, 1.54) is 0 Å². The van der Waals surface area contributed by atoms with Gasteiger partial charge in [0.2, 0.25) is 0 Å². The van der Waals surface area contributed by atoms with Crippen molar-refractivity contribution in [3.63, 3.8) is 0 Å². The Morgan fingerprint density at radius 2 is 2.05 bits per heavy atom. The van der Waals surface area contributed by atoms with Gasteiger partial charge in [-0.1, -0.05) is 23.2 Å². The average Bonchev–Trinajstić information content (AvgIpc) is 2.46. The minimum atomic E-state index is -0.832. The Morgan fingerprint density at radius 3 is 2.67 bits per heavy atom. The number of piperidine rings is 1. The van der Waals surface area contributed by atoms with Gasteiger partial charge in [0.05, 0.1) is 16.8 Å². The van der Waals surface area contributed by atoms with Crippen LogP contribution in [0, 0.1) is 11.3 Å². The first-order valence-corrected chi connectivity index (χ1v) is 7.34. The van der Waals surface area contributed by atoms with Crippen LogP contribution in [0.2, 0.25) is 10.0 Å². The largest absolute Gasteiger partial charge is 0.320 e. The zero-order valence-electron chi connectivity index (χ0n) is 11.6. The summed E-state index contributed by atoms with van der Waals surface area (Å²) in [6.07, 6.45) is 1.19. The van der Waals surface area contributed by atoms with Crippen molar-refractivity contribution in [1.82, 2.24) is 10.2 Å². The third-order valence-corrected chi connectivity index (χ3v) is 4.15. The zero-order valence-corrected chi connectivity index (χ0v) is 13.1. The lowest BCUT2D eigenvalue weighted by Gasteiger charge is -2.35. The van der Waals surface area contributed by atoms with E-state index in [1.807, 2.05) is 7.05 Å². The fourth-order valence-corrected chi connectivity index (χ4v) is 2.57. The fourth-order valence-electron chi connectivity index (χ4n) is 2.23. The van der Waals surface area contributed by atoms with E-state index in [1.54, 1.807) is 18.2 Å². The van der Waals surface area contributed by atoms with Gasteiger partial charge in [-0.25, -0.2) is 4.79 Å². The van der Waals surface area contributed by atoms with Gasteiger partial charge < -0.3 is 15.5 Å². The molecule has 21 heavy (non-hydrogen) atoms. The first-order chi connectivity index (χ1) is 9.94. The lowest BCUT2D eigenvalue weighted by atomic mass is 9.89. The molecule has 0 aromatic heterocycles. The third-order valence-electron chi connectivity index (χ3n) is 3.58. The molecule has 0 unspecified atom stereocenters. The predicted molar refractivity (Wildman–Crippen MR) is 83.7 cm³/mol. The summed E-state index contributed by atoms with van der Waals surface area (Å²) in [5, 5.41) is 15.6. The van der Waals surface area contributed by atoms with Crippen LogP contribution in [-0.2, 0) is 0 Å². The molecule has 1 heterocycles. The highest BCUT2D eigenvalue weighted by molar-refractivity contribution is 6.35. The summed E-state index contributed by atoms with van der Waals surface area (Å²) < 4.78 is 0. The number of nitrogens with zero attached hydrogens (tertiary/aromatic N) is 2. The third kappa shape index (κ3) is 4.01. The molecule has 1 aromatic carbocycles. The molecule has 5 nitrogen and oxygen atoms in total. The van der Waals surface area contributed by atoms with Gasteiger partial charge in [0, 0.05) is 18.1 Å². The Kier molecular flexibility index (Phi) is 4.94. The monoisotopic (exact) mass is 326 g/mol. The second kappa shape index (κ2) is 6.52. The lowest BCUT2D eigenvalue weighted by Crippen LogP contribution is -2.54. The van der Waals surface area contributed by atoms with Crippen LogP contribution < -0.4 is 10.6 Å². The van der Waals surface area contributed by atoms with Crippen LogP contribution in [0.15, 0.2) is 18.2 Å². The van der Waals surface area contributed by atoms with Gasteiger partial charge in [-0.2, -0.15) is 5.26 Å². The molecule has 1 aliphatic rings. The van der Waals surface area contributed by atoms with Gasteiger partial charge in [-0.05, 0) is 38.1 Å². The minimum Gasteiger partial charge on any atom is -0.319 e. The van der Waals surface area contributed by atoms with E-state index >= 15 is 0 Å². The second-order valence-electron chi connectivity index (χ2n) is 5.20. The van der Waals surface area contributed by atoms with Crippen LogP contribution in [0.4, 0.5) is 10.5 Å². The fraction of sp³-hybridized carbons (Fsp3) is 0.429. The van der Waals surface area contributed by atoms with Gasteiger partial charge in [0.25, 0.3) is 0 Å². The van der Waals surface area contributed by atoms with Crippen molar-refractivity contribution in [1.29, 1.82) is 5.26 Å². The van der Waals surface area contributed by atoms with Crippen molar-refractivity contribution in [2.75, 3.05) is 25.5 Å². The molecular formula is C14H16Cl2N4O. The van der Waals surface area contributed by atoms with Crippen LogP contribution in [0.5, 0.6) is 0 Å². The van der Waals surface area contributed by atoms with Crippen molar-refractivity contribution in [3.05, 3.63) is 28.2 Å². The number of nitriles is 1. The number of hydrogen-bond acceptors (Lipinski definition) is 3. The van der Waals surface area contributed by atoms with E-state index in [9.17, 15) is 10.1 Å². The number of likely N-dealkylation sites (tertiary alicyclic amines) is 1. The standard InChI is InChI=1S/C14H16Cl2N4O/c1-20-6-4-14(9-17,5-7-20)19-13(21)18-12-8-10(15)2-3-11(12)16/h2-3,8H,4-7H2,1H3,(H2,18,19,21). The van der Waals surface area contributed by atoms with Crippen molar-refractivity contribution in [3.8, 4) is 6.07 Å². The minimum absolute atomic E-state index is 0.393. The van der Waals surface area contributed by atoms with Crippen LogP contribution in [0.1, 0.15) is 12.8 Å². The summed E-state index contributed by atoms with van der Waals surface area (Å²) in [6, 6.07) is 6.58. The number of hydrogen-bond donors (Lipinski definition) is 2. The molecule has 0 spiro atoms.